The maximum Gasteiger partial charge on any atom is 0.322 e. The van der Waals surface area contributed by atoms with Crippen molar-refractivity contribution in [1.82, 2.24) is 21.3 Å². The topological polar surface area (TPSA) is 99.3 Å². The molecule has 0 spiro atoms. The van der Waals surface area contributed by atoms with E-state index in [2.05, 4.69) is 21.3 Å². The van der Waals surface area contributed by atoms with Crippen LogP contribution in [-0.2, 0) is 10.3 Å². The number of hydrogen-bond acceptors (Lipinski definition) is 4. The molecule has 24 heavy (non-hydrogen) atoms. The van der Waals surface area contributed by atoms with E-state index >= 15 is 0 Å². The number of hydrogen-bond donors (Lipinski definition) is 4. The van der Waals surface area contributed by atoms with E-state index in [-0.39, 0.29) is 24.4 Å². The SMILES string of the molecule is CCN[C@H](C)CNC(=O)c1ccc(C2(C)NC(=O)NC2=O)cc1.Cl. The molecule has 8 heteroatoms. The van der Waals surface area contributed by atoms with Crippen molar-refractivity contribution in [3.63, 3.8) is 0 Å². The molecule has 7 nitrogen and oxygen atoms in total. The summed E-state index contributed by atoms with van der Waals surface area (Å²) in [6.07, 6.45) is 0. The van der Waals surface area contributed by atoms with Gasteiger partial charge in [-0.05, 0) is 38.1 Å². The molecule has 4 amide bonds. The first-order valence-corrected chi connectivity index (χ1v) is 7.62. The molecule has 1 saturated heterocycles. The average Bonchev–Trinajstić information content (AvgIpc) is 2.79. The molecule has 1 unspecified atom stereocenters. The molecular weight excluding hydrogens is 332 g/mol. The van der Waals surface area contributed by atoms with Gasteiger partial charge in [0.05, 0.1) is 0 Å². The molecule has 4 N–H and O–H groups in total. The molecule has 1 fully saturated rings. The number of amides is 4. The van der Waals surface area contributed by atoms with E-state index in [0.29, 0.717) is 17.7 Å². The van der Waals surface area contributed by atoms with Crippen LogP contribution in [0.5, 0.6) is 0 Å². The van der Waals surface area contributed by atoms with Crippen molar-refractivity contribution in [3.05, 3.63) is 35.4 Å². The summed E-state index contributed by atoms with van der Waals surface area (Å²) in [6, 6.07) is 6.31. The van der Waals surface area contributed by atoms with Crippen LogP contribution in [0.1, 0.15) is 36.7 Å². The highest BCUT2D eigenvalue weighted by atomic mass is 35.5. The first kappa shape index (κ1) is 19.9. The van der Waals surface area contributed by atoms with Crippen LogP contribution in [0, 0.1) is 0 Å². The zero-order valence-corrected chi connectivity index (χ0v) is 14.8. The van der Waals surface area contributed by atoms with E-state index in [1.54, 1.807) is 31.2 Å². The van der Waals surface area contributed by atoms with Crippen molar-refractivity contribution < 1.29 is 14.4 Å². The molecule has 0 bridgehead atoms. The number of benzene rings is 1. The predicted molar refractivity (Wildman–Crippen MR) is 93.2 cm³/mol. The second-order valence-corrected chi connectivity index (χ2v) is 5.78. The number of halogens is 1. The normalized spacial score (nSPS) is 20.6. The smallest absolute Gasteiger partial charge is 0.322 e. The van der Waals surface area contributed by atoms with Crippen LogP contribution in [0.15, 0.2) is 24.3 Å². The van der Waals surface area contributed by atoms with Gasteiger partial charge in [-0.15, -0.1) is 12.4 Å². The molecule has 1 aliphatic rings. The van der Waals surface area contributed by atoms with E-state index in [1.807, 2.05) is 13.8 Å². The quantitative estimate of drug-likeness (QED) is 0.570. The fourth-order valence-corrected chi connectivity index (χ4v) is 2.47. The summed E-state index contributed by atoms with van der Waals surface area (Å²) in [5, 5.41) is 10.9. The third kappa shape index (κ3) is 4.24. The van der Waals surface area contributed by atoms with E-state index in [1.165, 1.54) is 0 Å². The van der Waals surface area contributed by atoms with Crippen molar-refractivity contribution in [2.24, 2.45) is 0 Å². The number of carbonyl (C=O) groups is 3. The maximum absolute atomic E-state index is 12.1. The number of urea groups is 1. The van der Waals surface area contributed by atoms with Gasteiger partial charge in [0.15, 0.2) is 0 Å². The maximum atomic E-state index is 12.1. The van der Waals surface area contributed by atoms with Gasteiger partial charge >= 0.3 is 6.03 Å². The van der Waals surface area contributed by atoms with Crippen molar-refractivity contribution >= 4 is 30.3 Å². The van der Waals surface area contributed by atoms with Crippen molar-refractivity contribution in [3.8, 4) is 0 Å². The van der Waals surface area contributed by atoms with E-state index in [0.717, 1.165) is 6.54 Å². The summed E-state index contributed by atoms with van der Waals surface area (Å²) >= 11 is 0. The minimum absolute atomic E-state index is 0. The van der Waals surface area contributed by atoms with Gasteiger partial charge in [-0.3, -0.25) is 14.9 Å². The Balaban J connectivity index is 0.00000288. The van der Waals surface area contributed by atoms with Crippen LogP contribution in [0.2, 0.25) is 0 Å². The molecule has 1 heterocycles. The molecule has 2 rings (SSSR count). The molecule has 1 aliphatic heterocycles. The van der Waals surface area contributed by atoms with Gasteiger partial charge in [-0.1, -0.05) is 19.1 Å². The first-order valence-electron chi connectivity index (χ1n) is 7.62. The van der Waals surface area contributed by atoms with Crippen LogP contribution in [-0.4, -0.2) is 37.0 Å². The monoisotopic (exact) mass is 354 g/mol. The molecule has 132 valence electrons. The number of imide groups is 1. The fraction of sp³-hybridized carbons (Fsp3) is 0.438. The van der Waals surface area contributed by atoms with Crippen LogP contribution < -0.4 is 21.3 Å². The van der Waals surface area contributed by atoms with Gasteiger partial charge in [0, 0.05) is 18.2 Å². The average molecular weight is 355 g/mol. The molecule has 2 atom stereocenters. The molecule has 0 radical (unpaired) electrons. The summed E-state index contributed by atoms with van der Waals surface area (Å²) in [4.78, 5) is 35.3. The highest BCUT2D eigenvalue weighted by Crippen LogP contribution is 2.24. The minimum atomic E-state index is -1.11. The highest BCUT2D eigenvalue weighted by molar-refractivity contribution is 6.07. The summed E-state index contributed by atoms with van der Waals surface area (Å²) in [5.74, 6) is -0.578. The number of likely N-dealkylation sites (N-methyl/N-ethyl adjacent to an activating group) is 1. The summed E-state index contributed by atoms with van der Waals surface area (Å²) in [6.45, 7) is 7.01. The van der Waals surface area contributed by atoms with Crippen LogP contribution in [0.4, 0.5) is 4.79 Å². The second-order valence-electron chi connectivity index (χ2n) is 5.78. The number of nitrogens with one attached hydrogen (secondary N) is 4. The van der Waals surface area contributed by atoms with Crippen LogP contribution >= 0.6 is 12.4 Å². The van der Waals surface area contributed by atoms with Crippen LogP contribution in [0.3, 0.4) is 0 Å². The van der Waals surface area contributed by atoms with Gasteiger partial charge in [-0.2, -0.15) is 0 Å². The molecule has 1 aromatic carbocycles. The summed E-state index contributed by atoms with van der Waals surface area (Å²) in [7, 11) is 0. The zero-order chi connectivity index (χ0) is 17.0. The van der Waals surface area contributed by atoms with Gasteiger partial charge < -0.3 is 16.0 Å². The Hall–Kier alpha value is -2.12. The van der Waals surface area contributed by atoms with Crippen molar-refractivity contribution in [1.29, 1.82) is 0 Å². The lowest BCUT2D eigenvalue weighted by molar-refractivity contribution is -0.123. The fourth-order valence-electron chi connectivity index (χ4n) is 2.47. The Morgan fingerprint density at radius 1 is 1.25 bits per heavy atom. The lowest BCUT2D eigenvalue weighted by Gasteiger charge is -2.21. The Morgan fingerprint density at radius 2 is 1.88 bits per heavy atom. The lowest BCUT2D eigenvalue weighted by atomic mass is 9.91. The minimum Gasteiger partial charge on any atom is -0.350 e. The Morgan fingerprint density at radius 3 is 2.38 bits per heavy atom. The molecule has 0 saturated carbocycles. The summed E-state index contributed by atoms with van der Waals surface area (Å²) in [5.41, 5.74) is 0.0234. The number of carbonyl (C=O) groups excluding carboxylic acids is 3. The molecule has 0 aliphatic carbocycles. The Kier molecular flexibility index (Phi) is 6.74. The zero-order valence-electron chi connectivity index (χ0n) is 13.9. The van der Waals surface area contributed by atoms with Gasteiger partial charge in [0.2, 0.25) is 0 Å². The van der Waals surface area contributed by atoms with E-state index in [4.69, 9.17) is 0 Å². The van der Waals surface area contributed by atoms with Gasteiger partial charge in [-0.25, -0.2) is 4.79 Å². The van der Waals surface area contributed by atoms with Crippen molar-refractivity contribution in [2.45, 2.75) is 32.4 Å². The Bertz CT molecular complexity index is 620. The molecular formula is C16H23ClN4O3. The number of rotatable bonds is 6. The molecule has 1 aromatic rings. The van der Waals surface area contributed by atoms with Crippen LogP contribution in [0.25, 0.3) is 0 Å². The third-order valence-corrected chi connectivity index (χ3v) is 3.89. The van der Waals surface area contributed by atoms with E-state index < -0.39 is 17.5 Å². The summed E-state index contributed by atoms with van der Waals surface area (Å²) < 4.78 is 0. The highest BCUT2D eigenvalue weighted by Gasteiger charge is 2.43. The predicted octanol–water partition coefficient (Wildman–Crippen LogP) is 0.891. The van der Waals surface area contributed by atoms with Gasteiger partial charge in [0.1, 0.15) is 5.54 Å². The standard InChI is InChI=1S/C16H22N4O3.ClH/c1-4-17-10(2)9-18-13(21)11-5-7-12(8-6-11)16(3)14(22)19-15(23)20-16;/h5-8,10,17H,4,9H2,1-3H3,(H,18,21)(H2,19,20,22,23);1H/t10-,16?;/m1./s1. The molecule has 0 aromatic heterocycles. The van der Waals surface area contributed by atoms with Crippen molar-refractivity contribution in [2.75, 3.05) is 13.1 Å². The van der Waals surface area contributed by atoms with Gasteiger partial charge in [0.25, 0.3) is 11.8 Å². The van der Waals surface area contributed by atoms with E-state index in [9.17, 15) is 14.4 Å². The first-order chi connectivity index (χ1) is 10.9. The third-order valence-electron chi connectivity index (χ3n) is 3.89. The largest absolute Gasteiger partial charge is 0.350 e. The Labute approximate surface area is 147 Å². The lowest BCUT2D eigenvalue weighted by Crippen LogP contribution is -2.40. The second kappa shape index (κ2) is 8.12.